The highest BCUT2D eigenvalue weighted by molar-refractivity contribution is 6.04. The van der Waals surface area contributed by atoms with Crippen molar-refractivity contribution in [3.8, 4) is 0 Å². The zero-order valence-electron chi connectivity index (χ0n) is 14.3. The first-order valence-corrected chi connectivity index (χ1v) is 7.25. The summed E-state index contributed by atoms with van der Waals surface area (Å²) < 4.78 is 14.4. The molecule has 1 aliphatic carbocycles. The highest BCUT2D eigenvalue weighted by atomic mass is 16.5. The Labute approximate surface area is 139 Å². The van der Waals surface area contributed by atoms with Gasteiger partial charge < -0.3 is 19.5 Å². The second-order valence-corrected chi connectivity index (χ2v) is 5.26. The van der Waals surface area contributed by atoms with Crippen LogP contribution in [0.2, 0.25) is 0 Å². The molecule has 0 fully saturated rings. The van der Waals surface area contributed by atoms with Gasteiger partial charge in [-0.15, -0.1) is 0 Å². The smallest absolute Gasteiger partial charge is 0.338 e. The maximum atomic E-state index is 12.2. The number of carbonyl (C=O) groups excluding carboxylic acids is 4. The van der Waals surface area contributed by atoms with Crippen molar-refractivity contribution < 1.29 is 33.4 Å². The van der Waals surface area contributed by atoms with E-state index in [-0.39, 0.29) is 29.2 Å². The van der Waals surface area contributed by atoms with Gasteiger partial charge in [-0.2, -0.15) is 0 Å². The molecule has 8 nitrogen and oxygen atoms in total. The second-order valence-electron chi connectivity index (χ2n) is 5.26. The maximum absolute atomic E-state index is 12.2. The van der Waals surface area contributed by atoms with Gasteiger partial charge in [0.25, 0.3) is 0 Å². The third kappa shape index (κ3) is 4.43. The number of nitrogens with one attached hydrogen (secondary N) is 1. The van der Waals surface area contributed by atoms with E-state index in [0.29, 0.717) is 0 Å². The number of hydrogen-bond donors (Lipinski definition) is 1. The van der Waals surface area contributed by atoms with Gasteiger partial charge in [0.1, 0.15) is 6.61 Å². The van der Waals surface area contributed by atoms with E-state index in [1.54, 1.807) is 13.0 Å². The summed E-state index contributed by atoms with van der Waals surface area (Å²) in [4.78, 5) is 46.8. The third-order valence-electron chi connectivity index (χ3n) is 3.56. The molecule has 0 heterocycles. The van der Waals surface area contributed by atoms with Gasteiger partial charge in [-0.25, -0.2) is 9.59 Å². The van der Waals surface area contributed by atoms with Crippen LogP contribution in [0.25, 0.3) is 0 Å². The summed E-state index contributed by atoms with van der Waals surface area (Å²) >= 11 is 0. The lowest BCUT2D eigenvalue weighted by atomic mass is 9.80. The van der Waals surface area contributed by atoms with Crippen LogP contribution in [0.4, 0.5) is 0 Å². The molecule has 0 bridgehead atoms. The van der Waals surface area contributed by atoms with Crippen LogP contribution in [0.1, 0.15) is 20.8 Å². The van der Waals surface area contributed by atoms with Crippen LogP contribution in [0, 0.1) is 5.92 Å². The summed E-state index contributed by atoms with van der Waals surface area (Å²) in [7, 11) is 2.37. The first-order valence-electron chi connectivity index (χ1n) is 7.25. The standard InChI is InChI=1S/C16H21NO7/c1-8-12(17-9(2)18)6-11(7-24-10(3)19)14(16(21)23-5)13(8)15(20)22-4/h6,8,12H,7H2,1-5H3,(H,17,18)/t8-,12-/m0/s1. The van der Waals surface area contributed by atoms with Crippen LogP contribution >= 0.6 is 0 Å². The van der Waals surface area contributed by atoms with Gasteiger partial charge >= 0.3 is 17.9 Å². The molecule has 0 saturated heterocycles. The van der Waals surface area contributed by atoms with Crippen molar-refractivity contribution >= 4 is 23.8 Å². The van der Waals surface area contributed by atoms with E-state index in [9.17, 15) is 19.2 Å². The molecular formula is C16H21NO7. The minimum atomic E-state index is -0.748. The minimum absolute atomic E-state index is 0.0142. The molecule has 0 aromatic carbocycles. The Hall–Kier alpha value is -2.64. The first-order chi connectivity index (χ1) is 11.2. The largest absolute Gasteiger partial charge is 0.466 e. The molecule has 0 unspecified atom stereocenters. The molecule has 0 aromatic heterocycles. The lowest BCUT2D eigenvalue weighted by Crippen LogP contribution is -2.42. The Kier molecular flexibility index (Phi) is 6.69. The number of hydrogen-bond acceptors (Lipinski definition) is 7. The first kappa shape index (κ1) is 19.4. The molecule has 1 rings (SSSR count). The minimum Gasteiger partial charge on any atom is -0.466 e. The molecule has 0 radical (unpaired) electrons. The SMILES string of the molecule is COC(=O)C1=C(C(=O)OC)[C@@H](C)[C@@H](NC(C)=O)C=C1COC(C)=O. The van der Waals surface area contributed by atoms with Crippen molar-refractivity contribution in [2.45, 2.75) is 26.8 Å². The average Bonchev–Trinajstić information content (AvgIpc) is 2.52. The molecule has 8 heteroatoms. The molecule has 1 N–H and O–H groups in total. The van der Waals surface area contributed by atoms with Gasteiger partial charge in [0, 0.05) is 25.3 Å². The van der Waals surface area contributed by atoms with E-state index in [2.05, 4.69) is 5.32 Å². The monoisotopic (exact) mass is 339 g/mol. The van der Waals surface area contributed by atoms with Crippen LogP contribution in [0.15, 0.2) is 22.8 Å². The third-order valence-corrected chi connectivity index (χ3v) is 3.56. The molecule has 0 aromatic rings. The summed E-state index contributed by atoms with van der Waals surface area (Å²) in [5.74, 6) is -2.85. The summed E-state index contributed by atoms with van der Waals surface area (Å²) in [5, 5.41) is 2.69. The molecule has 2 atom stereocenters. The van der Waals surface area contributed by atoms with Crippen molar-refractivity contribution in [1.82, 2.24) is 5.32 Å². The Morgan fingerprint density at radius 2 is 1.67 bits per heavy atom. The van der Waals surface area contributed by atoms with E-state index < -0.39 is 29.9 Å². The summed E-state index contributed by atoms with van der Waals surface area (Å²) in [6.07, 6.45) is 1.58. The van der Waals surface area contributed by atoms with Crippen molar-refractivity contribution in [3.63, 3.8) is 0 Å². The molecule has 24 heavy (non-hydrogen) atoms. The lowest BCUT2D eigenvalue weighted by Gasteiger charge is -2.30. The number of rotatable bonds is 5. The predicted molar refractivity (Wildman–Crippen MR) is 82.5 cm³/mol. The molecule has 0 spiro atoms. The van der Waals surface area contributed by atoms with Crippen LogP contribution in [-0.2, 0) is 33.4 Å². The molecule has 0 aliphatic heterocycles. The summed E-state index contributed by atoms with van der Waals surface area (Å²) in [6.45, 7) is 4.00. The summed E-state index contributed by atoms with van der Waals surface area (Å²) in [5.41, 5.74) is 0.321. The molecule has 1 aliphatic rings. The Morgan fingerprint density at radius 1 is 1.08 bits per heavy atom. The average molecular weight is 339 g/mol. The van der Waals surface area contributed by atoms with Gasteiger partial charge in [-0.1, -0.05) is 13.0 Å². The van der Waals surface area contributed by atoms with Crippen molar-refractivity contribution in [1.29, 1.82) is 0 Å². The fourth-order valence-corrected chi connectivity index (χ4v) is 2.47. The summed E-state index contributed by atoms with van der Waals surface area (Å²) in [6, 6.07) is -0.560. The van der Waals surface area contributed by atoms with E-state index in [1.807, 2.05) is 0 Å². The fourth-order valence-electron chi connectivity index (χ4n) is 2.47. The quantitative estimate of drug-likeness (QED) is 0.566. The number of carbonyl (C=O) groups is 4. The normalized spacial score (nSPS) is 20.0. The number of methoxy groups -OCH3 is 2. The van der Waals surface area contributed by atoms with Crippen LogP contribution < -0.4 is 5.32 Å². The van der Waals surface area contributed by atoms with E-state index >= 15 is 0 Å². The molecule has 1 amide bonds. The van der Waals surface area contributed by atoms with Gasteiger partial charge in [0.15, 0.2) is 0 Å². The second kappa shape index (κ2) is 8.28. The fraction of sp³-hybridized carbons (Fsp3) is 0.500. The van der Waals surface area contributed by atoms with E-state index in [1.165, 1.54) is 28.1 Å². The van der Waals surface area contributed by atoms with Gasteiger partial charge in [-0.05, 0) is 0 Å². The van der Waals surface area contributed by atoms with Crippen molar-refractivity contribution in [3.05, 3.63) is 22.8 Å². The Morgan fingerprint density at radius 3 is 2.12 bits per heavy atom. The Bertz CT molecular complexity index is 618. The van der Waals surface area contributed by atoms with Crippen molar-refractivity contribution in [2.24, 2.45) is 5.92 Å². The maximum Gasteiger partial charge on any atom is 0.338 e. The van der Waals surface area contributed by atoms with Gasteiger partial charge in [0.05, 0.1) is 31.4 Å². The zero-order chi connectivity index (χ0) is 18.4. The lowest BCUT2D eigenvalue weighted by molar-refractivity contribution is -0.141. The van der Waals surface area contributed by atoms with Crippen LogP contribution in [0.3, 0.4) is 0 Å². The zero-order valence-corrected chi connectivity index (χ0v) is 14.3. The topological polar surface area (TPSA) is 108 Å². The molecular weight excluding hydrogens is 318 g/mol. The number of ether oxygens (including phenoxy) is 3. The van der Waals surface area contributed by atoms with Crippen LogP contribution in [-0.4, -0.2) is 50.7 Å². The predicted octanol–water partition coefficient (Wildman–Crippen LogP) is 0.273. The Balaban J connectivity index is 3.44. The van der Waals surface area contributed by atoms with E-state index in [4.69, 9.17) is 14.2 Å². The number of amides is 1. The van der Waals surface area contributed by atoms with Crippen molar-refractivity contribution in [2.75, 3.05) is 20.8 Å². The molecule has 132 valence electrons. The van der Waals surface area contributed by atoms with Gasteiger partial charge in [-0.3, -0.25) is 9.59 Å². The van der Waals surface area contributed by atoms with Crippen LogP contribution in [0.5, 0.6) is 0 Å². The van der Waals surface area contributed by atoms with Gasteiger partial charge in [0.2, 0.25) is 5.91 Å². The number of esters is 3. The van der Waals surface area contributed by atoms with E-state index in [0.717, 1.165) is 0 Å². The highest BCUT2D eigenvalue weighted by Crippen LogP contribution is 2.32. The highest BCUT2D eigenvalue weighted by Gasteiger charge is 2.37. The molecule has 0 saturated carbocycles.